The summed E-state index contributed by atoms with van der Waals surface area (Å²) in [5, 5.41) is 18.8. The zero-order chi connectivity index (χ0) is 22.7. The average Bonchev–Trinajstić information content (AvgIpc) is 2.83. The summed E-state index contributed by atoms with van der Waals surface area (Å²) in [7, 11) is 1.82. The molecule has 0 bridgehead atoms. The quantitative estimate of drug-likeness (QED) is 0.441. The molecule has 0 spiro atoms. The lowest BCUT2D eigenvalue weighted by atomic mass is 9.80. The number of hydrogen-bond donors (Lipinski definition) is 2. The highest BCUT2D eigenvalue weighted by Crippen LogP contribution is 2.39. The monoisotopic (exact) mass is 424 g/mol. The second-order valence-electron chi connectivity index (χ2n) is 7.69. The first kappa shape index (κ1) is 21.7. The van der Waals surface area contributed by atoms with Crippen molar-refractivity contribution in [3.8, 4) is 44.9 Å². The highest BCUT2D eigenvalue weighted by atomic mass is 16.5. The maximum Gasteiger partial charge on any atom is 0.488 e. The molecule has 0 atom stereocenters. The molecule has 5 heteroatoms. The van der Waals surface area contributed by atoms with Crippen molar-refractivity contribution >= 4 is 12.6 Å². The number of rotatable bonds is 6. The van der Waals surface area contributed by atoms with Crippen LogP contribution in [0.1, 0.15) is 5.56 Å². The molecule has 2 N–H and O–H groups in total. The molecule has 4 nitrogen and oxygen atoms in total. The first-order valence-corrected chi connectivity index (χ1v) is 10.4. The van der Waals surface area contributed by atoms with Gasteiger partial charge in [-0.25, -0.2) is 0 Å². The first-order valence-electron chi connectivity index (χ1n) is 10.4. The molecule has 0 aliphatic carbocycles. The van der Waals surface area contributed by atoms with E-state index in [1.165, 1.54) is 5.56 Å². The van der Waals surface area contributed by atoms with Crippen LogP contribution in [-0.2, 0) is 0 Å². The van der Waals surface area contributed by atoms with Crippen molar-refractivity contribution in [2.24, 2.45) is 0 Å². The minimum Gasteiger partial charge on any atom is -0.496 e. The Balaban J connectivity index is 1.81. The standard InChI is InChI=1S/C27H25BO4/c1-18-4-6-19(7-5-18)21-10-14-27(32-3)25(16-21)22-11-15-26(31-2)24(17-22)20-8-12-23(13-9-20)28(29)30/h4-17,29-30H,1-3H3. The molecule has 4 rings (SSSR count). The Bertz CT molecular complexity index is 1220. The van der Waals surface area contributed by atoms with Gasteiger partial charge in [0.1, 0.15) is 11.5 Å². The van der Waals surface area contributed by atoms with Crippen LogP contribution in [-0.4, -0.2) is 31.4 Å². The molecule has 0 fully saturated rings. The predicted octanol–water partition coefficient (Wildman–Crippen LogP) is 4.69. The minimum atomic E-state index is -1.49. The summed E-state index contributed by atoms with van der Waals surface area (Å²) in [6, 6.07) is 27.8. The van der Waals surface area contributed by atoms with E-state index in [0.717, 1.165) is 44.9 Å². The molecule has 0 amide bonds. The van der Waals surface area contributed by atoms with Gasteiger partial charge in [-0.3, -0.25) is 0 Å². The molecule has 0 radical (unpaired) electrons. The first-order chi connectivity index (χ1) is 15.5. The van der Waals surface area contributed by atoms with Crippen LogP contribution in [0, 0.1) is 6.92 Å². The lowest BCUT2D eigenvalue weighted by Crippen LogP contribution is -2.29. The van der Waals surface area contributed by atoms with Gasteiger partial charge in [0.25, 0.3) is 0 Å². The Kier molecular flexibility index (Phi) is 6.31. The molecule has 0 saturated carbocycles. The molecule has 160 valence electrons. The topological polar surface area (TPSA) is 58.9 Å². The van der Waals surface area contributed by atoms with Crippen molar-refractivity contribution in [3.63, 3.8) is 0 Å². The lowest BCUT2D eigenvalue weighted by molar-refractivity contribution is 0.415. The van der Waals surface area contributed by atoms with Gasteiger partial charge in [0.15, 0.2) is 0 Å². The van der Waals surface area contributed by atoms with E-state index in [-0.39, 0.29) is 0 Å². The van der Waals surface area contributed by atoms with Crippen LogP contribution in [0.4, 0.5) is 0 Å². The van der Waals surface area contributed by atoms with Crippen molar-refractivity contribution in [2.45, 2.75) is 6.92 Å². The van der Waals surface area contributed by atoms with Crippen LogP contribution in [0.2, 0.25) is 0 Å². The van der Waals surface area contributed by atoms with Crippen molar-refractivity contribution in [1.29, 1.82) is 0 Å². The number of aryl methyl sites for hydroxylation is 1. The molecule has 0 aromatic heterocycles. The van der Waals surface area contributed by atoms with Crippen LogP contribution >= 0.6 is 0 Å². The van der Waals surface area contributed by atoms with Crippen molar-refractivity contribution < 1.29 is 19.5 Å². The van der Waals surface area contributed by atoms with Gasteiger partial charge in [-0.2, -0.15) is 0 Å². The van der Waals surface area contributed by atoms with E-state index in [9.17, 15) is 10.0 Å². The summed E-state index contributed by atoms with van der Waals surface area (Å²) in [4.78, 5) is 0. The Hall–Kier alpha value is -3.54. The van der Waals surface area contributed by atoms with Gasteiger partial charge in [0, 0.05) is 11.1 Å². The molecule has 0 saturated heterocycles. The molecule has 4 aromatic carbocycles. The van der Waals surface area contributed by atoms with Crippen molar-refractivity contribution in [2.75, 3.05) is 14.2 Å². The van der Waals surface area contributed by atoms with Gasteiger partial charge in [0.05, 0.1) is 14.2 Å². The molecular formula is C27H25BO4. The van der Waals surface area contributed by atoms with Gasteiger partial charge >= 0.3 is 7.12 Å². The van der Waals surface area contributed by atoms with Crippen molar-refractivity contribution in [3.05, 3.63) is 90.5 Å². The summed E-state index contributed by atoms with van der Waals surface area (Å²) in [6.07, 6.45) is 0. The van der Waals surface area contributed by atoms with Crippen molar-refractivity contribution in [1.82, 2.24) is 0 Å². The smallest absolute Gasteiger partial charge is 0.488 e. The van der Waals surface area contributed by atoms with E-state index < -0.39 is 7.12 Å². The highest BCUT2D eigenvalue weighted by Gasteiger charge is 2.15. The van der Waals surface area contributed by atoms with Crippen LogP contribution in [0.3, 0.4) is 0 Å². The molecule has 4 aromatic rings. The molecule has 32 heavy (non-hydrogen) atoms. The maximum absolute atomic E-state index is 9.39. The van der Waals surface area contributed by atoms with E-state index in [1.54, 1.807) is 26.4 Å². The third-order valence-corrected chi connectivity index (χ3v) is 5.61. The van der Waals surface area contributed by atoms with E-state index in [2.05, 4.69) is 49.4 Å². The fraction of sp³-hybridized carbons (Fsp3) is 0.111. The minimum absolute atomic E-state index is 0.441. The normalized spacial score (nSPS) is 10.7. The van der Waals surface area contributed by atoms with Gasteiger partial charge in [-0.1, -0.05) is 66.2 Å². The van der Waals surface area contributed by atoms with E-state index in [0.29, 0.717) is 5.46 Å². The Morgan fingerprint density at radius 1 is 0.562 bits per heavy atom. The van der Waals surface area contributed by atoms with E-state index in [1.807, 2.05) is 30.3 Å². The third kappa shape index (κ3) is 4.40. The second-order valence-corrected chi connectivity index (χ2v) is 7.69. The molecule has 0 unspecified atom stereocenters. The summed E-state index contributed by atoms with van der Waals surface area (Å²) in [6.45, 7) is 2.08. The third-order valence-electron chi connectivity index (χ3n) is 5.61. The van der Waals surface area contributed by atoms with E-state index in [4.69, 9.17) is 9.47 Å². The predicted molar refractivity (Wildman–Crippen MR) is 130 cm³/mol. The fourth-order valence-corrected chi connectivity index (χ4v) is 3.80. The zero-order valence-electron chi connectivity index (χ0n) is 18.4. The van der Waals surface area contributed by atoms with Crippen LogP contribution in [0.15, 0.2) is 84.9 Å². The summed E-state index contributed by atoms with van der Waals surface area (Å²) in [5.74, 6) is 1.52. The maximum atomic E-state index is 9.39. The number of ether oxygens (including phenoxy) is 2. The Morgan fingerprint density at radius 2 is 1.03 bits per heavy atom. The Morgan fingerprint density at radius 3 is 1.59 bits per heavy atom. The number of hydrogen-bond acceptors (Lipinski definition) is 4. The van der Waals surface area contributed by atoms with Gasteiger partial charge in [-0.15, -0.1) is 0 Å². The Labute approximate surface area is 188 Å². The number of benzene rings is 4. The molecule has 0 heterocycles. The molecular weight excluding hydrogens is 399 g/mol. The highest BCUT2D eigenvalue weighted by molar-refractivity contribution is 6.58. The molecule has 0 aliphatic heterocycles. The SMILES string of the molecule is COc1ccc(-c2ccc(C)cc2)cc1-c1ccc(OC)c(-c2ccc(B(O)O)cc2)c1. The fourth-order valence-electron chi connectivity index (χ4n) is 3.80. The van der Waals surface area contributed by atoms with Crippen LogP contribution in [0.25, 0.3) is 33.4 Å². The summed E-state index contributed by atoms with van der Waals surface area (Å²) < 4.78 is 11.3. The van der Waals surface area contributed by atoms with Crippen LogP contribution < -0.4 is 14.9 Å². The van der Waals surface area contributed by atoms with E-state index >= 15 is 0 Å². The molecule has 0 aliphatic rings. The van der Waals surface area contributed by atoms with Crippen LogP contribution in [0.5, 0.6) is 11.5 Å². The van der Waals surface area contributed by atoms with Gasteiger partial charge in [-0.05, 0) is 58.9 Å². The number of methoxy groups -OCH3 is 2. The lowest BCUT2D eigenvalue weighted by Gasteiger charge is -2.15. The largest absolute Gasteiger partial charge is 0.496 e. The van der Waals surface area contributed by atoms with Gasteiger partial charge < -0.3 is 19.5 Å². The second kappa shape index (κ2) is 9.31. The van der Waals surface area contributed by atoms with Gasteiger partial charge in [0.2, 0.25) is 0 Å². The average molecular weight is 424 g/mol. The summed E-state index contributed by atoms with van der Waals surface area (Å²) >= 11 is 0. The summed E-state index contributed by atoms with van der Waals surface area (Å²) in [5.41, 5.74) is 7.73. The zero-order valence-corrected chi connectivity index (χ0v) is 18.4.